The monoisotopic (exact) mass is 257 g/mol. The van der Waals surface area contributed by atoms with Gasteiger partial charge in [-0.15, -0.1) is 0 Å². The van der Waals surface area contributed by atoms with E-state index in [1.54, 1.807) is 0 Å². The van der Waals surface area contributed by atoms with Crippen LogP contribution in [0.15, 0.2) is 0 Å². The lowest BCUT2D eigenvalue weighted by Gasteiger charge is -2.23. The van der Waals surface area contributed by atoms with E-state index in [0.29, 0.717) is 6.54 Å². The Morgan fingerprint density at radius 2 is 1.22 bits per heavy atom. The average molecular weight is 257 g/mol. The Kier molecular flexibility index (Phi) is 11.9. The minimum Gasteiger partial charge on any atom is -0.374 e. The van der Waals surface area contributed by atoms with E-state index in [2.05, 4.69) is 20.8 Å². The fraction of sp³-hybridized carbons (Fsp3) is 1.00. The molecule has 0 bridgehead atoms. The van der Waals surface area contributed by atoms with Gasteiger partial charge in [-0.25, -0.2) is 0 Å². The van der Waals surface area contributed by atoms with Crippen molar-refractivity contribution in [2.24, 2.45) is 5.73 Å². The quantitative estimate of drug-likeness (QED) is 0.487. The highest BCUT2D eigenvalue weighted by Crippen LogP contribution is 2.12. The normalized spacial score (nSPS) is 12.0. The molecule has 0 saturated heterocycles. The number of hydrogen-bond donors (Lipinski definition) is 1. The Morgan fingerprint density at radius 1 is 0.778 bits per heavy atom. The Labute approximate surface area is 115 Å². The fourth-order valence-corrected chi connectivity index (χ4v) is 2.00. The Hall–Kier alpha value is -0.0800. The maximum atomic E-state index is 5.73. The number of nitrogens with two attached hydrogens (primary N) is 1. The summed E-state index contributed by atoms with van der Waals surface area (Å²) < 4.78 is 5.73. The van der Waals surface area contributed by atoms with Gasteiger partial charge >= 0.3 is 0 Å². The molecule has 0 aromatic carbocycles. The van der Waals surface area contributed by atoms with Crippen LogP contribution in [0.25, 0.3) is 0 Å². The molecule has 0 aromatic heterocycles. The van der Waals surface area contributed by atoms with Gasteiger partial charge in [-0.1, -0.05) is 64.7 Å². The third-order valence-corrected chi connectivity index (χ3v) is 3.48. The molecule has 0 saturated carbocycles. The summed E-state index contributed by atoms with van der Waals surface area (Å²) in [6.07, 6.45) is 13.7. The largest absolute Gasteiger partial charge is 0.374 e. The van der Waals surface area contributed by atoms with E-state index in [0.717, 1.165) is 6.61 Å². The Bertz CT molecular complexity index is 168. The highest BCUT2D eigenvalue weighted by atomic mass is 16.5. The molecule has 2 nitrogen and oxygen atoms in total. The van der Waals surface area contributed by atoms with Gasteiger partial charge in [0.25, 0.3) is 0 Å². The molecule has 0 spiro atoms. The van der Waals surface area contributed by atoms with Crippen molar-refractivity contribution in [3.63, 3.8) is 0 Å². The van der Waals surface area contributed by atoms with Crippen molar-refractivity contribution in [2.75, 3.05) is 13.2 Å². The van der Waals surface area contributed by atoms with Crippen molar-refractivity contribution < 1.29 is 4.74 Å². The molecule has 0 heterocycles. The molecule has 0 unspecified atom stereocenters. The first kappa shape index (κ1) is 17.9. The van der Waals surface area contributed by atoms with Gasteiger partial charge in [0.05, 0.1) is 5.60 Å². The number of unbranched alkanes of at least 4 members (excludes halogenated alkanes) is 9. The van der Waals surface area contributed by atoms with Crippen molar-refractivity contribution >= 4 is 0 Å². The van der Waals surface area contributed by atoms with Gasteiger partial charge in [-0.2, -0.15) is 0 Å². The van der Waals surface area contributed by atoms with Gasteiger partial charge in [0.2, 0.25) is 0 Å². The van der Waals surface area contributed by atoms with Crippen LogP contribution in [-0.2, 0) is 4.74 Å². The minimum absolute atomic E-state index is 0.140. The first-order valence-corrected chi connectivity index (χ1v) is 7.96. The van der Waals surface area contributed by atoms with Crippen LogP contribution in [0, 0.1) is 0 Å². The summed E-state index contributed by atoms with van der Waals surface area (Å²) in [7, 11) is 0. The van der Waals surface area contributed by atoms with Gasteiger partial charge in [-0.05, 0) is 20.3 Å². The van der Waals surface area contributed by atoms with Crippen molar-refractivity contribution in [3.05, 3.63) is 0 Å². The summed E-state index contributed by atoms with van der Waals surface area (Å²) in [5, 5.41) is 0. The fourth-order valence-electron chi connectivity index (χ4n) is 2.00. The summed E-state index contributed by atoms with van der Waals surface area (Å²) in [5.74, 6) is 0. The second kappa shape index (κ2) is 12.0. The van der Waals surface area contributed by atoms with E-state index in [1.165, 1.54) is 64.2 Å². The minimum atomic E-state index is -0.140. The molecule has 0 atom stereocenters. The highest BCUT2D eigenvalue weighted by Gasteiger charge is 2.14. The van der Waals surface area contributed by atoms with Gasteiger partial charge < -0.3 is 10.5 Å². The summed E-state index contributed by atoms with van der Waals surface area (Å²) in [4.78, 5) is 0. The van der Waals surface area contributed by atoms with Crippen molar-refractivity contribution in [1.29, 1.82) is 0 Å². The second-order valence-corrected chi connectivity index (χ2v) is 5.99. The molecule has 0 rings (SSSR count). The molecule has 2 heteroatoms. The highest BCUT2D eigenvalue weighted by molar-refractivity contribution is 4.68. The zero-order valence-corrected chi connectivity index (χ0v) is 13.0. The van der Waals surface area contributed by atoms with Crippen LogP contribution in [0.1, 0.15) is 85.0 Å². The van der Waals surface area contributed by atoms with Crippen LogP contribution in [0.4, 0.5) is 0 Å². The maximum absolute atomic E-state index is 5.73. The Morgan fingerprint density at radius 3 is 1.67 bits per heavy atom. The molecule has 0 aliphatic carbocycles. The lowest BCUT2D eigenvalue weighted by molar-refractivity contribution is -0.0121. The average Bonchev–Trinajstić information content (AvgIpc) is 2.36. The molecular formula is C16H35NO. The Balaban J connectivity index is 3.08. The van der Waals surface area contributed by atoms with Gasteiger partial charge in [0.15, 0.2) is 0 Å². The first-order chi connectivity index (χ1) is 8.62. The number of rotatable bonds is 13. The maximum Gasteiger partial charge on any atom is 0.0748 e. The van der Waals surface area contributed by atoms with E-state index in [9.17, 15) is 0 Å². The van der Waals surface area contributed by atoms with Gasteiger partial charge in [0.1, 0.15) is 0 Å². The predicted molar refractivity (Wildman–Crippen MR) is 80.9 cm³/mol. The molecule has 0 amide bonds. The van der Waals surface area contributed by atoms with Gasteiger partial charge in [0, 0.05) is 13.2 Å². The molecular weight excluding hydrogens is 222 g/mol. The molecule has 0 aliphatic rings. The van der Waals surface area contributed by atoms with Crippen molar-refractivity contribution in [3.8, 4) is 0 Å². The zero-order valence-electron chi connectivity index (χ0n) is 13.0. The molecule has 2 N–H and O–H groups in total. The topological polar surface area (TPSA) is 35.2 Å². The smallest absolute Gasteiger partial charge is 0.0748 e. The molecule has 0 aliphatic heterocycles. The lowest BCUT2D eigenvalue weighted by Crippen LogP contribution is -2.34. The van der Waals surface area contributed by atoms with Crippen LogP contribution in [0.5, 0.6) is 0 Å². The van der Waals surface area contributed by atoms with E-state index < -0.39 is 0 Å². The number of ether oxygens (including phenoxy) is 1. The zero-order chi connectivity index (χ0) is 13.7. The van der Waals surface area contributed by atoms with Crippen molar-refractivity contribution in [2.45, 2.75) is 90.6 Å². The number of hydrogen-bond acceptors (Lipinski definition) is 2. The second-order valence-electron chi connectivity index (χ2n) is 5.99. The van der Waals surface area contributed by atoms with Crippen molar-refractivity contribution in [1.82, 2.24) is 0 Å². The van der Waals surface area contributed by atoms with E-state index in [1.807, 2.05) is 0 Å². The third-order valence-electron chi connectivity index (χ3n) is 3.48. The van der Waals surface area contributed by atoms with Crippen LogP contribution in [0.3, 0.4) is 0 Å². The summed E-state index contributed by atoms with van der Waals surface area (Å²) in [6, 6.07) is 0. The van der Waals surface area contributed by atoms with Gasteiger partial charge in [-0.3, -0.25) is 0 Å². The summed E-state index contributed by atoms with van der Waals surface area (Å²) >= 11 is 0. The summed E-state index contributed by atoms with van der Waals surface area (Å²) in [5.41, 5.74) is 5.47. The molecule has 18 heavy (non-hydrogen) atoms. The van der Waals surface area contributed by atoms with Crippen LogP contribution in [-0.4, -0.2) is 18.8 Å². The van der Waals surface area contributed by atoms with Crippen LogP contribution in [0.2, 0.25) is 0 Å². The predicted octanol–water partition coefficient (Wildman–Crippen LogP) is 4.66. The molecule has 110 valence electrons. The van der Waals surface area contributed by atoms with Crippen LogP contribution >= 0.6 is 0 Å². The van der Waals surface area contributed by atoms with Crippen LogP contribution < -0.4 is 5.73 Å². The standard InChI is InChI=1S/C16H35NO/c1-4-5-6-7-8-9-10-11-12-13-14-18-16(2,3)15-17/h4-15,17H2,1-3H3. The summed E-state index contributed by atoms with van der Waals surface area (Å²) in [6.45, 7) is 7.85. The lowest BCUT2D eigenvalue weighted by atomic mass is 10.1. The van der Waals surface area contributed by atoms with E-state index >= 15 is 0 Å². The molecule has 0 radical (unpaired) electrons. The SMILES string of the molecule is CCCCCCCCCCCCOC(C)(C)CN. The molecule has 0 fully saturated rings. The van der Waals surface area contributed by atoms with E-state index in [4.69, 9.17) is 10.5 Å². The first-order valence-electron chi connectivity index (χ1n) is 7.96. The molecule has 0 aromatic rings. The third kappa shape index (κ3) is 12.4. The van der Waals surface area contributed by atoms with E-state index in [-0.39, 0.29) is 5.60 Å².